The van der Waals surface area contributed by atoms with Gasteiger partial charge in [-0.2, -0.15) is 0 Å². The highest BCUT2D eigenvalue weighted by atomic mass is 16.5. The highest BCUT2D eigenvalue weighted by Gasteiger charge is 2.16. The van der Waals surface area contributed by atoms with Gasteiger partial charge in [0, 0.05) is 17.8 Å². The van der Waals surface area contributed by atoms with Crippen LogP contribution in [0.2, 0.25) is 0 Å². The van der Waals surface area contributed by atoms with Crippen LogP contribution in [0.5, 0.6) is 5.75 Å². The average Bonchev–Trinajstić information content (AvgIpc) is 2.35. The number of methoxy groups -OCH3 is 1. The van der Waals surface area contributed by atoms with E-state index in [0.717, 1.165) is 29.0 Å². The van der Waals surface area contributed by atoms with Gasteiger partial charge in [-0.05, 0) is 31.9 Å². The first-order chi connectivity index (χ1) is 8.54. The standard InChI is InChI=1S/C14H22N2O2/c1-5-11(8-15)14(17)16-12-7-6-9(2)13(18-4)10(12)3/h6-7,11H,5,8,15H2,1-4H3,(H,16,17). The van der Waals surface area contributed by atoms with Crippen LogP contribution in [0.1, 0.15) is 24.5 Å². The molecule has 100 valence electrons. The zero-order valence-electron chi connectivity index (χ0n) is 11.5. The zero-order valence-corrected chi connectivity index (χ0v) is 11.5. The molecule has 4 nitrogen and oxygen atoms in total. The third-order valence-electron chi connectivity index (χ3n) is 3.21. The monoisotopic (exact) mass is 250 g/mol. The fraction of sp³-hybridized carbons (Fsp3) is 0.500. The number of amides is 1. The molecule has 0 spiro atoms. The van der Waals surface area contributed by atoms with Crippen molar-refractivity contribution in [2.45, 2.75) is 27.2 Å². The number of carbonyl (C=O) groups excluding carboxylic acids is 1. The van der Waals surface area contributed by atoms with Crippen LogP contribution in [0.3, 0.4) is 0 Å². The number of ether oxygens (including phenoxy) is 1. The van der Waals surface area contributed by atoms with Gasteiger partial charge >= 0.3 is 0 Å². The van der Waals surface area contributed by atoms with E-state index in [4.69, 9.17) is 10.5 Å². The van der Waals surface area contributed by atoms with Gasteiger partial charge in [-0.3, -0.25) is 4.79 Å². The Hall–Kier alpha value is -1.55. The van der Waals surface area contributed by atoms with E-state index in [0.29, 0.717) is 6.54 Å². The number of carbonyl (C=O) groups is 1. The topological polar surface area (TPSA) is 64.4 Å². The third kappa shape index (κ3) is 3.01. The van der Waals surface area contributed by atoms with E-state index in [1.165, 1.54) is 0 Å². The molecule has 1 amide bonds. The highest BCUT2D eigenvalue weighted by molar-refractivity contribution is 5.93. The van der Waals surface area contributed by atoms with Crippen molar-refractivity contribution < 1.29 is 9.53 Å². The minimum atomic E-state index is -0.142. The molecule has 18 heavy (non-hydrogen) atoms. The van der Waals surface area contributed by atoms with Crippen molar-refractivity contribution in [2.24, 2.45) is 11.7 Å². The van der Waals surface area contributed by atoms with Crippen molar-refractivity contribution in [3.05, 3.63) is 23.3 Å². The Bertz CT molecular complexity index is 426. The molecular weight excluding hydrogens is 228 g/mol. The quantitative estimate of drug-likeness (QED) is 0.842. The van der Waals surface area contributed by atoms with Crippen LogP contribution < -0.4 is 15.8 Å². The van der Waals surface area contributed by atoms with Crippen molar-refractivity contribution >= 4 is 11.6 Å². The molecular formula is C14H22N2O2. The predicted molar refractivity (Wildman–Crippen MR) is 73.9 cm³/mol. The summed E-state index contributed by atoms with van der Waals surface area (Å²) in [6.07, 6.45) is 0.740. The van der Waals surface area contributed by atoms with Gasteiger partial charge in [-0.1, -0.05) is 13.0 Å². The van der Waals surface area contributed by atoms with Crippen LogP contribution in [-0.4, -0.2) is 19.6 Å². The molecule has 1 atom stereocenters. The Kier molecular flexibility index (Phi) is 5.16. The van der Waals surface area contributed by atoms with Gasteiger partial charge in [0.25, 0.3) is 0 Å². The molecule has 0 saturated heterocycles. The van der Waals surface area contributed by atoms with E-state index in [9.17, 15) is 4.79 Å². The van der Waals surface area contributed by atoms with Crippen molar-refractivity contribution in [1.82, 2.24) is 0 Å². The number of nitrogens with one attached hydrogen (secondary N) is 1. The summed E-state index contributed by atoms with van der Waals surface area (Å²) < 4.78 is 5.34. The summed E-state index contributed by atoms with van der Waals surface area (Å²) in [5.74, 6) is 0.638. The zero-order chi connectivity index (χ0) is 13.7. The molecule has 0 aliphatic carbocycles. The SMILES string of the molecule is CCC(CN)C(=O)Nc1ccc(C)c(OC)c1C. The van der Waals surface area contributed by atoms with Crippen LogP contribution in [-0.2, 0) is 4.79 Å². The molecule has 4 heteroatoms. The van der Waals surface area contributed by atoms with Gasteiger partial charge in [0.1, 0.15) is 5.75 Å². The van der Waals surface area contributed by atoms with Crippen LogP contribution in [0, 0.1) is 19.8 Å². The van der Waals surface area contributed by atoms with E-state index in [1.807, 2.05) is 32.9 Å². The summed E-state index contributed by atoms with van der Waals surface area (Å²) >= 11 is 0. The Labute approximate surface area is 109 Å². The van der Waals surface area contributed by atoms with E-state index in [2.05, 4.69) is 5.32 Å². The fourth-order valence-corrected chi connectivity index (χ4v) is 1.97. The lowest BCUT2D eigenvalue weighted by Crippen LogP contribution is -2.28. The van der Waals surface area contributed by atoms with Crippen LogP contribution >= 0.6 is 0 Å². The lowest BCUT2D eigenvalue weighted by molar-refractivity contribution is -0.119. The molecule has 0 bridgehead atoms. The van der Waals surface area contributed by atoms with Crippen molar-refractivity contribution in [2.75, 3.05) is 19.0 Å². The Balaban J connectivity index is 2.95. The summed E-state index contributed by atoms with van der Waals surface area (Å²) in [6, 6.07) is 3.83. The van der Waals surface area contributed by atoms with E-state index in [1.54, 1.807) is 7.11 Å². The molecule has 1 aromatic rings. The molecule has 0 aromatic heterocycles. The van der Waals surface area contributed by atoms with Gasteiger partial charge in [0.15, 0.2) is 0 Å². The second kappa shape index (κ2) is 6.40. The summed E-state index contributed by atoms with van der Waals surface area (Å²) in [4.78, 5) is 12.0. The van der Waals surface area contributed by atoms with Gasteiger partial charge < -0.3 is 15.8 Å². The second-order valence-electron chi connectivity index (χ2n) is 4.42. The molecule has 3 N–H and O–H groups in total. The molecule has 0 heterocycles. The number of benzene rings is 1. The first kappa shape index (κ1) is 14.5. The molecule has 1 rings (SSSR count). The van der Waals surface area contributed by atoms with E-state index < -0.39 is 0 Å². The highest BCUT2D eigenvalue weighted by Crippen LogP contribution is 2.29. The number of hydrogen-bond donors (Lipinski definition) is 2. The van der Waals surface area contributed by atoms with Gasteiger partial charge in [-0.15, -0.1) is 0 Å². The molecule has 1 unspecified atom stereocenters. The molecule has 0 aliphatic rings. The summed E-state index contributed by atoms with van der Waals surface area (Å²) in [5.41, 5.74) is 8.35. The number of hydrogen-bond acceptors (Lipinski definition) is 3. The van der Waals surface area contributed by atoms with E-state index >= 15 is 0 Å². The maximum atomic E-state index is 12.0. The Morgan fingerprint density at radius 3 is 2.61 bits per heavy atom. The van der Waals surface area contributed by atoms with Crippen LogP contribution in [0.4, 0.5) is 5.69 Å². The molecule has 0 radical (unpaired) electrons. The van der Waals surface area contributed by atoms with E-state index in [-0.39, 0.29) is 11.8 Å². The molecule has 0 saturated carbocycles. The van der Waals surface area contributed by atoms with Gasteiger partial charge in [-0.25, -0.2) is 0 Å². The second-order valence-corrected chi connectivity index (χ2v) is 4.42. The lowest BCUT2D eigenvalue weighted by Gasteiger charge is -2.17. The van der Waals surface area contributed by atoms with Crippen LogP contribution in [0.25, 0.3) is 0 Å². The first-order valence-corrected chi connectivity index (χ1v) is 6.20. The third-order valence-corrected chi connectivity index (χ3v) is 3.21. The number of nitrogens with two attached hydrogens (primary N) is 1. The fourth-order valence-electron chi connectivity index (χ4n) is 1.97. The number of aryl methyl sites for hydroxylation is 1. The first-order valence-electron chi connectivity index (χ1n) is 6.20. The lowest BCUT2D eigenvalue weighted by atomic mass is 10.0. The van der Waals surface area contributed by atoms with Crippen molar-refractivity contribution in [1.29, 1.82) is 0 Å². The maximum Gasteiger partial charge on any atom is 0.228 e. The number of anilines is 1. The minimum Gasteiger partial charge on any atom is -0.496 e. The van der Waals surface area contributed by atoms with Crippen molar-refractivity contribution in [3.8, 4) is 5.75 Å². The maximum absolute atomic E-state index is 12.0. The summed E-state index contributed by atoms with van der Waals surface area (Å²) in [7, 11) is 1.63. The smallest absolute Gasteiger partial charge is 0.228 e. The van der Waals surface area contributed by atoms with Crippen LogP contribution in [0.15, 0.2) is 12.1 Å². The number of rotatable bonds is 5. The predicted octanol–water partition coefficient (Wildman–Crippen LogP) is 2.24. The largest absolute Gasteiger partial charge is 0.496 e. The summed E-state index contributed by atoms with van der Waals surface area (Å²) in [5, 5.41) is 2.92. The minimum absolute atomic E-state index is 0.0333. The summed E-state index contributed by atoms with van der Waals surface area (Å²) in [6.45, 7) is 6.24. The van der Waals surface area contributed by atoms with Gasteiger partial charge in [0.2, 0.25) is 5.91 Å². The normalized spacial score (nSPS) is 12.1. The molecule has 1 aromatic carbocycles. The van der Waals surface area contributed by atoms with Crippen molar-refractivity contribution in [3.63, 3.8) is 0 Å². The molecule has 0 aliphatic heterocycles. The Morgan fingerprint density at radius 2 is 2.11 bits per heavy atom. The Morgan fingerprint density at radius 1 is 1.44 bits per heavy atom. The average molecular weight is 250 g/mol. The molecule has 0 fully saturated rings. The van der Waals surface area contributed by atoms with Gasteiger partial charge in [0.05, 0.1) is 13.0 Å².